The normalized spacial score (nSPS) is 14.5. The summed E-state index contributed by atoms with van der Waals surface area (Å²) in [6.45, 7) is 6.93. The minimum absolute atomic E-state index is 0.284. The lowest BCUT2D eigenvalue weighted by Gasteiger charge is -2.29. The van der Waals surface area contributed by atoms with Gasteiger partial charge in [0, 0.05) is 17.3 Å². The molecule has 1 unspecified atom stereocenters. The highest BCUT2D eigenvalue weighted by molar-refractivity contribution is 5.15. The molecule has 0 aliphatic heterocycles. The van der Waals surface area contributed by atoms with Crippen LogP contribution in [-0.2, 0) is 5.41 Å². The lowest BCUT2D eigenvalue weighted by Crippen LogP contribution is -2.23. The Balaban J connectivity index is 2.70. The molecule has 1 aromatic heterocycles. The summed E-state index contributed by atoms with van der Waals surface area (Å²) >= 11 is 0. The molecule has 0 aromatic carbocycles. The Labute approximate surface area is 107 Å². The molecule has 0 aliphatic carbocycles. The molecule has 0 bridgehead atoms. The Morgan fingerprint density at radius 3 is 2.29 bits per heavy atom. The smallest absolute Gasteiger partial charge is 0.0462 e. The highest BCUT2D eigenvalue weighted by Crippen LogP contribution is 2.33. The van der Waals surface area contributed by atoms with Crippen molar-refractivity contribution >= 4 is 0 Å². The number of nitrogens with zero attached hydrogens (tertiary/aromatic N) is 1. The Kier molecular flexibility index (Phi) is 6.25. The number of unbranched alkanes of at least 4 members (excludes halogenated alkanes) is 3. The third kappa shape index (κ3) is 4.49. The van der Waals surface area contributed by atoms with Gasteiger partial charge in [-0.05, 0) is 25.0 Å². The van der Waals surface area contributed by atoms with Gasteiger partial charge in [0.2, 0.25) is 0 Å². The maximum atomic E-state index is 4.58. The van der Waals surface area contributed by atoms with Crippen LogP contribution in [0.15, 0.2) is 24.4 Å². The van der Waals surface area contributed by atoms with E-state index in [4.69, 9.17) is 0 Å². The van der Waals surface area contributed by atoms with Crippen molar-refractivity contribution in [3.8, 4) is 0 Å². The predicted octanol–water partition coefficient (Wildman–Crippen LogP) is 5.11. The van der Waals surface area contributed by atoms with Crippen molar-refractivity contribution in [3.05, 3.63) is 30.1 Å². The van der Waals surface area contributed by atoms with Crippen molar-refractivity contribution in [2.24, 2.45) is 0 Å². The van der Waals surface area contributed by atoms with Gasteiger partial charge in [0.25, 0.3) is 0 Å². The number of pyridine rings is 1. The molecule has 0 aliphatic rings. The molecule has 1 heteroatoms. The highest BCUT2D eigenvalue weighted by Gasteiger charge is 2.26. The molecule has 0 radical (unpaired) electrons. The molecule has 0 saturated carbocycles. The number of aromatic nitrogens is 1. The van der Waals surface area contributed by atoms with Gasteiger partial charge < -0.3 is 0 Å². The molecule has 17 heavy (non-hydrogen) atoms. The Morgan fingerprint density at radius 2 is 1.71 bits per heavy atom. The van der Waals surface area contributed by atoms with Crippen LogP contribution in [0, 0.1) is 0 Å². The summed E-state index contributed by atoms with van der Waals surface area (Å²) in [6, 6.07) is 6.32. The summed E-state index contributed by atoms with van der Waals surface area (Å²) in [7, 11) is 0. The summed E-state index contributed by atoms with van der Waals surface area (Å²) in [5, 5.41) is 0. The molecular weight excluding hydrogens is 206 g/mol. The molecule has 1 nitrogen and oxygen atoms in total. The first kappa shape index (κ1) is 14.2. The van der Waals surface area contributed by atoms with E-state index in [9.17, 15) is 0 Å². The van der Waals surface area contributed by atoms with E-state index in [1.54, 1.807) is 0 Å². The summed E-state index contributed by atoms with van der Waals surface area (Å²) in [4.78, 5) is 4.58. The molecule has 96 valence electrons. The Morgan fingerprint density at radius 1 is 1.00 bits per heavy atom. The van der Waals surface area contributed by atoms with Crippen LogP contribution in [0.2, 0.25) is 0 Å². The lowest BCUT2D eigenvalue weighted by atomic mass is 9.77. The van der Waals surface area contributed by atoms with E-state index < -0.39 is 0 Å². The van der Waals surface area contributed by atoms with Crippen molar-refractivity contribution in [1.82, 2.24) is 4.98 Å². The summed E-state index contributed by atoms with van der Waals surface area (Å²) < 4.78 is 0. The van der Waals surface area contributed by atoms with Gasteiger partial charge in [0.1, 0.15) is 0 Å². The van der Waals surface area contributed by atoms with Crippen LogP contribution in [0.5, 0.6) is 0 Å². The molecule has 0 N–H and O–H groups in total. The van der Waals surface area contributed by atoms with Crippen LogP contribution in [0.1, 0.15) is 71.4 Å². The van der Waals surface area contributed by atoms with E-state index in [1.807, 2.05) is 12.3 Å². The molecular formula is C16H27N. The first-order chi connectivity index (χ1) is 8.23. The summed E-state index contributed by atoms with van der Waals surface area (Å²) in [5.74, 6) is 0. The van der Waals surface area contributed by atoms with E-state index in [-0.39, 0.29) is 5.41 Å². The highest BCUT2D eigenvalue weighted by atomic mass is 14.7. The molecule has 1 heterocycles. The second-order valence-electron chi connectivity index (χ2n) is 5.34. The Bertz CT molecular complexity index is 294. The van der Waals surface area contributed by atoms with Crippen LogP contribution < -0.4 is 0 Å². The SMILES string of the molecule is CCCCCC(C)(CCCC)c1ccccn1. The zero-order chi connectivity index (χ0) is 12.6. The number of hydrogen-bond acceptors (Lipinski definition) is 1. The summed E-state index contributed by atoms with van der Waals surface area (Å²) in [5.41, 5.74) is 1.57. The molecule has 0 spiro atoms. The molecule has 1 aromatic rings. The predicted molar refractivity (Wildman–Crippen MR) is 75.3 cm³/mol. The van der Waals surface area contributed by atoms with Crippen molar-refractivity contribution in [3.63, 3.8) is 0 Å². The van der Waals surface area contributed by atoms with Crippen LogP contribution in [0.3, 0.4) is 0 Å². The van der Waals surface area contributed by atoms with Gasteiger partial charge in [-0.1, -0.05) is 58.9 Å². The third-order valence-electron chi connectivity index (χ3n) is 3.70. The van der Waals surface area contributed by atoms with Crippen molar-refractivity contribution in [1.29, 1.82) is 0 Å². The molecule has 1 atom stereocenters. The third-order valence-corrected chi connectivity index (χ3v) is 3.70. The standard InChI is InChI=1S/C16H27N/c1-4-6-9-13-16(3,12-7-5-2)15-11-8-10-14-17-15/h8,10-11,14H,4-7,9,12-13H2,1-3H3. The molecule has 0 saturated heterocycles. The van der Waals surface area contributed by atoms with Crippen LogP contribution in [0.4, 0.5) is 0 Å². The Hall–Kier alpha value is -0.850. The minimum Gasteiger partial charge on any atom is -0.261 e. The van der Waals surface area contributed by atoms with Crippen molar-refractivity contribution in [2.75, 3.05) is 0 Å². The van der Waals surface area contributed by atoms with Gasteiger partial charge >= 0.3 is 0 Å². The number of hydrogen-bond donors (Lipinski definition) is 0. The largest absolute Gasteiger partial charge is 0.261 e. The van der Waals surface area contributed by atoms with E-state index in [0.29, 0.717) is 0 Å². The quantitative estimate of drug-likeness (QED) is 0.569. The maximum Gasteiger partial charge on any atom is 0.0462 e. The maximum absolute atomic E-state index is 4.58. The zero-order valence-corrected chi connectivity index (χ0v) is 11.7. The van der Waals surface area contributed by atoms with E-state index in [2.05, 4.69) is 37.9 Å². The second kappa shape index (κ2) is 7.47. The average Bonchev–Trinajstić information content (AvgIpc) is 2.38. The van der Waals surface area contributed by atoms with Gasteiger partial charge in [-0.3, -0.25) is 4.98 Å². The first-order valence-corrected chi connectivity index (χ1v) is 7.14. The van der Waals surface area contributed by atoms with Gasteiger partial charge in [0.05, 0.1) is 0 Å². The van der Waals surface area contributed by atoms with Crippen molar-refractivity contribution in [2.45, 2.75) is 71.1 Å². The van der Waals surface area contributed by atoms with Gasteiger partial charge in [-0.15, -0.1) is 0 Å². The van der Waals surface area contributed by atoms with E-state index >= 15 is 0 Å². The fourth-order valence-electron chi connectivity index (χ4n) is 2.43. The fraction of sp³-hybridized carbons (Fsp3) is 0.688. The van der Waals surface area contributed by atoms with E-state index in [1.165, 1.54) is 50.6 Å². The second-order valence-corrected chi connectivity index (χ2v) is 5.34. The topological polar surface area (TPSA) is 12.9 Å². The average molecular weight is 233 g/mol. The van der Waals surface area contributed by atoms with E-state index in [0.717, 1.165) is 0 Å². The zero-order valence-electron chi connectivity index (χ0n) is 11.7. The first-order valence-electron chi connectivity index (χ1n) is 7.14. The van der Waals surface area contributed by atoms with Gasteiger partial charge in [0.15, 0.2) is 0 Å². The molecule has 0 fully saturated rings. The van der Waals surface area contributed by atoms with Crippen molar-refractivity contribution < 1.29 is 0 Å². The molecule has 0 amide bonds. The fourth-order valence-corrected chi connectivity index (χ4v) is 2.43. The van der Waals surface area contributed by atoms with Crippen LogP contribution in [-0.4, -0.2) is 4.98 Å². The monoisotopic (exact) mass is 233 g/mol. The minimum atomic E-state index is 0.284. The van der Waals surface area contributed by atoms with Crippen LogP contribution >= 0.6 is 0 Å². The van der Waals surface area contributed by atoms with Gasteiger partial charge in [-0.25, -0.2) is 0 Å². The van der Waals surface area contributed by atoms with Crippen LogP contribution in [0.25, 0.3) is 0 Å². The number of rotatable bonds is 8. The van der Waals surface area contributed by atoms with Gasteiger partial charge in [-0.2, -0.15) is 0 Å². The molecule has 1 rings (SSSR count). The summed E-state index contributed by atoms with van der Waals surface area (Å²) in [6.07, 6.45) is 11.0. The lowest BCUT2D eigenvalue weighted by molar-refractivity contribution is 0.361.